The Kier molecular flexibility index (Phi) is 6.46. The molecule has 3 rings (SSSR count). The van der Waals surface area contributed by atoms with Crippen LogP contribution in [0.5, 0.6) is 11.5 Å². The van der Waals surface area contributed by atoms with E-state index in [9.17, 15) is 4.79 Å². The van der Waals surface area contributed by atoms with Crippen molar-refractivity contribution in [3.63, 3.8) is 0 Å². The molecule has 1 aromatic heterocycles. The highest BCUT2D eigenvalue weighted by Crippen LogP contribution is 2.16. The third-order valence-corrected chi connectivity index (χ3v) is 4.21. The van der Waals surface area contributed by atoms with E-state index in [2.05, 4.69) is 21.7 Å². The van der Waals surface area contributed by atoms with Crippen molar-refractivity contribution in [3.8, 4) is 11.5 Å². The molecule has 0 saturated heterocycles. The second-order valence-electron chi connectivity index (χ2n) is 6.15. The van der Waals surface area contributed by atoms with E-state index in [0.29, 0.717) is 17.0 Å². The summed E-state index contributed by atoms with van der Waals surface area (Å²) in [5.74, 6) is 2.04. The number of aromatic nitrogens is 1. The Morgan fingerprint density at radius 3 is 2.43 bits per heavy atom. The Labute approximate surface area is 164 Å². The van der Waals surface area contributed by atoms with Gasteiger partial charge >= 0.3 is 0 Å². The molecule has 1 heterocycles. The number of pyridine rings is 1. The zero-order chi connectivity index (χ0) is 19.8. The molecule has 0 aliphatic carbocycles. The first-order valence-corrected chi connectivity index (χ1v) is 8.96. The quantitative estimate of drug-likeness (QED) is 0.621. The van der Waals surface area contributed by atoms with Crippen LogP contribution in [0.3, 0.4) is 0 Å². The standard InChI is InChI=1S/C22H23N3O3/c1-27-19-7-3-5-16(13-19)11-12-23-21-10-9-18(15-24-21)25-22(26)17-6-4-8-20(14-17)28-2/h3-10,13-15H,11-12H2,1-2H3,(H,23,24)(H,25,26). The van der Waals surface area contributed by atoms with Crippen molar-refractivity contribution in [2.45, 2.75) is 6.42 Å². The van der Waals surface area contributed by atoms with Crippen LogP contribution in [-0.2, 0) is 6.42 Å². The lowest BCUT2D eigenvalue weighted by molar-refractivity contribution is 0.102. The molecule has 2 aromatic carbocycles. The van der Waals surface area contributed by atoms with E-state index < -0.39 is 0 Å². The second-order valence-corrected chi connectivity index (χ2v) is 6.15. The van der Waals surface area contributed by atoms with Crippen molar-refractivity contribution < 1.29 is 14.3 Å². The number of amides is 1. The van der Waals surface area contributed by atoms with Crippen LogP contribution in [0.2, 0.25) is 0 Å². The molecule has 2 N–H and O–H groups in total. The molecular formula is C22H23N3O3. The van der Waals surface area contributed by atoms with Crippen molar-refractivity contribution in [1.82, 2.24) is 4.98 Å². The van der Waals surface area contributed by atoms with Gasteiger partial charge in [0.05, 0.1) is 26.1 Å². The molecule has 0 saturated carbocycles. The number of hydrogen-bond acceptors (Lipinski definition) is 5. The van der Waals surface area contributed by atoms with Crippen molar-refractivity contribution in [2.24, 2.45) is 0 Å². The van der Waals surface area contributed by atoms with E-state index in [4.69, 9.17) is 9.47 Å². The van der Waals surface area contributed by atoms with Gasteiger partial charge in [0.15, 0.2) is 0 Å². The Balaban J connectivity index is 1.52. The summed E-state index contributed by atoms with van der Waals surface area (Å²) in [4.78, 5) is 16.7. The lowest BCUT2D eigenvalue weighted by atomic mass is 10.1. The first-order chi connectivity index (χ1) is 13.7. The average Bonchev–Trinajstić information content (AvgIpc) is 2.75. The molecule has 0 spiro atoms. The highest BCUT2D eigenvalue weighted by atomic mass is 16.5. The van der Waals surface area contributed by atoms with E-state index in [1.54, 1.807) is 44.7 Å². The van der Waals surface area contributed by atoms with E-state index in [1.807, 2.05) is 30.3 Å². The van der Waals surface area contributed by atoms with Crippen molar-refractivity contribution in [3.05, 3.63) is 78.0 Å². The molecule has 144 valence electrons. The van der Waals surface area contributed by atoms with Gasteiger partial charge in [-0.1, -0.05) is 18.2 Å². The van der Waals surface area contributed by atoms with Crippen molar-refractivity contribution in [1.29, 1.82) is 0 Å². The van der Waals surface area contributed by atoms with Crippen LogP contribution in [0.1, 0.15) is 15.9 Å². The van der Waals surface area contributed by atoms with Crippen LogP contribution in [0, 0.1) is 0 Å². The number of carbonyl (C=O) groups excluding carboxylic acids is 1. The monoisotopic (exact) mass is 377 g/mol. The molecule has 0 aliphatic rings. The molecule has 0 unspecified atom stereocenters. The van der Waals surface area contributed by atoms with Crippen LogP contribution < -0.4 is 20.1 Å². The summed E-state index contributed by atoms with van der Waals surface area (Å²) >= 11 is 0. The first-order valence-electron chi connectivity index (χ1n) is 8.96. The summed E-state index contributed by atoms with van der Waals surface area (Å²) in [5.41, 5.74) is 2.35. The number of ether oxygens (including phenoxy) is 2. The molecule has 0 fully saturated rings. The van der Waals surface area contributed by atoms with Gasteiger partial charge in [-0.15, -0.1) is 0 Å². The maximum Gasteiger partial charge on any atom is 0.255 e. The van der Waals surface area contributed by atoms with Gasteiger partial charge in [-0.2, -0.15) is 0 Å². The first kappa shape index (κ1) is 19.2. The van der Waals surface area contributed by atoms with Gasteiger partial charge in [0.25, 0.3) is 5.91 Å². The Morgan fingerprint density at radius 2 is 1.71 bits per heavy atom. The summed E-state index contributed by atoms with van der Waals surface area (Å²) in [5, 5.41) is 6.11. The molecule has 0 atom stereocenters. The molecule has 6 heteroatoms. The van der Waals surface area contributed by atoms with Crippen LogP contribution in [0.25, 0.3) is 0 Å². The smallest absolute Gasteiger partial charge is 0.255 e. The average molecular weight is 377 g/mol. The third kappa shape index (κ3) is 5.23. The third-order valence-electron chi connectivity index (χ3n) is 4.21. The fourth-order valence-corrected chi connectivity index (χ4v) is 2.70. The predicted octanol–water partition coefficient (Wildman–Crippen LogP) is 4.01. The number of benzene rings is 2. The SMILES string of the molecule is COc1cccc(CCNc2ccc(NC(=O)c3cccc(OC)c3)cn2)c1. The summed E-state index contributed by atoms with van der Waals surface area (Å²) < 4.78 is 10.4. The van der Waals surface area contributed by atoms with E-state index in [1.165, 1.54) is 5.56 Å². The maximum atomic E-state index is 12.3. The summed E-state index contributed by atoms with van der Waals surface area (Å²) in [7, 11) is 3.23. The number of hydrogen-bond donors (Lipinski definition) is 2. The van der Waals surface area contributed by atoms with Gasteiger partial charge in [-0.25, -0.2) is 4.98 Å². The molecule has 0 radical (unpaired) electrons. The molecule has 0 bridgehead atoms. The van der Waals surface area contributed by atoms with E-state index in [0.717, 1.165) is 24.5 Å². The lowest BCUT2D eigenvalue weighted by Crippen LogP contribution is -2.12. The van der Waals surface area contributed by atoms with Gasteiger partial charge in [-0.3, -0.25) is 4.79 Å². The Bertz CT molecular complexity index is 926. The Hall–Kier alpha value is -3.54. The fourth-order valence-electron chi connectivity index (χ4n) is 2.70. The van der Waals surface area contributed by atoms with Gasteiger partial charge in [0.2, 0.25) is 0 Å². The number of carbonyl (C=O) groups is 1. The molecule has 6 nitrogen and oxygen atoms in total. The fraction of sp³-hybridized carbons (Fsp3) is 0.182. The zero-order valence-corrected chi connectivity index (χ0v) is 15.9. The van der Waals surface area contributed by atoms with Crippen molar-refractivity contribution >= 4 is 17.4 Å². The van der Waals surface area contributed by atoms with Gasteiger partial charge in [-0.05, 0) is 54.4 Å². The van der Waals surface area contributed by atoms with Crippen LogP contribution >= 0.6 is 0 Å². The summed E-state index contributed by atoms with van der Waals surface area (Å²) in [6, 6.07) is 18.7. The van der Waals surface area contributed by atoms with Crippen LogP contribution in [0.4, 0.5) is 11.5 Å². The predicted molar refractivity (Wildman–Crippen MR) is 110 cm³/mol. The molecular weight excluding hydrogens is 354 g/mol. The minimum absolute atomic E-state index is 0.209. The lowest BCUT2D eigenvalue weighted by Gasteiger charge is -2.09. The zero-order valence-electron chi connectivity index (χ0n) is 15.9. The number of rotatable bonds is 8. The topological polar surface area (TPSA) is 72.5 Å². The van der Waals surface area contributed by atoms with Gasteiger partial charge in [0.1, 0.15) is 17.3 Å². The molecule has 0 aliphatic heterocycles. The molecule has 28 heavy (non-hydrogen) atoms. The minimum atomic E-state index is -0.209. The van der Waals surface area contributed by atoms with Crippen molar-refractivity contribution in [2.75, 3.05) is 31.4 Å². The van der Waals surface area contributed by atoms with Gasteiger partial charge < -0.3 is 20.1 Å². The Morgan fingerprint density at radius 1 is 0.964 bits per heavy atom. The largest absolute Gasteiger partial charge is 0.497 e. The molecule has 1 amide bonds. The molecule has 3 aromatic rings. The van der Waals surface area contributed by atoms with Crippen LogP contribution in [0.15, 0.2) is 66.9 Å². The minimum Gasteiger partial charge on any atom is -0.497 e. The van der Waals surface area contributed by atoms with E-state index >= 15 is 0 Å². The highest BCUT2D eigenvalue weighted by molar-refractivity contribution is 6.04. The number of methoxy groups -OCH3 is 2. The summed E-state index contributed by atoms with van der Waals surface area (Å²) in [6.45, 7) is 0.746. The maximum absolute atomic E-state index is 12.3. The highest BCUT2D eigenvalue weighted by Gasteiger charge is 2.07. The van der Waals surface area contributed by atoms with E-state index in [-0.39, 0.29) is 5.91 Å². The van der Waals surface area contributed by atoms with Crippen LogP contribution in [-0.4, -0.2) is 31.7 Å². The number of nitrogens with zero attached hydrogens (tertiary/aromatic N) is 1. The number of nitrogens with one attached hydrogen (secondary N) is 2. The normalized spacial score (nSPS) is 10.2. The summed E-state index contributed by atoms with van der Waals surface area (Å²) in [6.07, 6.45) is 2.49. The van der Waals surface area contributed by atoms with Gasteiger partial charge in [0, 0.05) is 12.1 Å². The second kappa shape index (κ2) is 9.41. The number of anilines is 2.